The van der Waals surface area contributed by atoms with E-state index in [-0.39, 0.29) is 21.7 Å². The lowest BCUT2D eigenvalue weighted by Crippen LogP contribution is -2.42. The van der Waals surface area contributed by atoms with E-state index in [0.29, 0.717) is 24.7 Å². The first-order chi connectivity index (χ1) is 17.5. The lowest BCUT2D eigenvalue weighted by Gasteiger charge is -2.31. The van der Waals surface area contributed by atoms with E-state index in [9.17, 15) is 26.8 Å². The number of benzene rings is 3. The van der Waals surface area contributed by atoms with Crippen LogP contribution < -0.4 is 4.74 Å². The summed E-state index contributed by atoms with van der Waals surface area (Å²) in [6.45, 7) is 4.16. The van der Waals surface area contributed by atoms with Crippen molar-refractivity contribution in [3.63, 3.8) is 0 Å². The summed E-state index contributed by atoms with van der Waals surface area (Å²) in [5.74, 6) is -4.99. The number of likely N-dealkylation sites (tertiary alicyclic amines) is 1. The zero-order chi connectivity index (χ0) is 26.9. The number of nitrogens with zero attached hydrogens (tertiary/aromatic N) is 1. The molecule has 0 saturated carbocycles. The number of amides is 1. The molecule has 1 amide bonds. The maximum absolute atomic E-state index is 14.8. The molecule has 0 atom stereocenters. The number of ether oxygens (including phenoxy) is 1. The van der Waals surface area contributed by atoms with Gasteiger partial charge in [0.1, 0.15) is 16.5 Å². The fourth-order valence-electron chi connectivity index (χ4n) is 3.77. The van der Waals surface area contributed by atoms with Crippen LogP contribution in [0.1, 0.15) is 36.2 Å². The molecule has 6 nitrogen and oxygen atoms in total. The fourth-order valence-corrected chi connectivity index (χ4v) is 5.61. The molecule has 3 aromatic carbocycles. The number of halogens is 3. The first-order valence-electron chi connectivity index (χ1n) is 11.6. The monoisotopic (exact) mass is 547 g/mol. The summed E-state index contributed by atoms with van der Waals surface area (Å²) >= 11 is 6.32. The van der Waals surface area contributed by atoms with E-state index in [1.807, 2.05) is 0 Å². The highest BCUT2D eigenvalue weighted by atomic mass is 35.5. The van der Waals surface area contributed by atoms with Crippen molar-refractivity contribution in [2.45, 2.75) is 30.9 Å². The molecule has 0 aliphatic carbocycles. The molecule has 37 heavy (non-hydrogen) atoms. The van der Waals surface area contributed by atoms with Gasteiger partial charge in [0.05, 0.1) is 16.7 Å². The maximum Gasteiger partial charge on any atom is 0.313 e. The molecule has 1 aliphatic heterocycles. The highest BCUT2D eigenvalue weighted by Crippen LogP contribution is 2.37. The molecule has 0 aromatic heterocycles. The first kappa shape index (κ1) is 26.8. The number of carbonyl (C=O) groups is 2. The minimum Gasteiger partial charge on any atom is -0.423 e. The Bertz CT molecular complexity index is 1470. The van der Waals surface area contributed by atoms with Gasteiger partial charge in [0.25, 0.3) is 5.91 Å². The van der Waals surface area contributed by atoms with E-state index in [0.717, 1.165) is 18.6 Å². The topological polar surface area (TPSA) is 80.8 Å². The van der Waals surface area contributed by atoms with Crippen molar-refractivity contribution in [3.05, 3.63) is 82.4 Å². The number of carbonyl (C=O) groups excluding carboxylic acids is 2. The van der Waals surface area contributed by atoms with Gasteiger partial charge in [0.15, 0.2) is 15.6 Å². The molecule has 0 spiro atoms. The van der Waals surface area contributed by atoms with Crippen LogP contribution in [0.2, 0.25) is 5.02 Å². The van der Waals surface area contributed by atoms with Crippen LogP contribution in [0, 0.1) is 17.6 Å². The van der Waals surface area contributed by atoms with Gasteiger partial charge in [-0.25, -0.2) is 17.2 Å². The van der Waals surface area contributed by atoms with Gasteiger partial charge in [-0.1, -0.05) is 55.8 Å². The second-order valence-corrected chi connectivity index (χ2v) is 11.4. The molecule has 1 heterocycles. The van der Waals surface area contributed by atoms with Crippen molar-refractivity contribution in [1.29, 1.82) is 0 Å². The zero-order valence-corrected chi connectivity index (χ0v) is 21.7. The van der Waals surface area contributed by atoms with E-state index in [1.165, 1.54) is 11.0 Å². The third-order valence-electron chi connectivity index (χ3n) is 5.98. The van der Waals surface area contributed by atoms with Gasteiger partial charge in [-0.3, -0.25) is 9.59 Å². The molecular weight excluding hydrogens is 524 g/mol. The zero-order valence-electron chi connectivity index (χ0n) is 20.1. The van der Waals surface area contributed by atoms with Crippen molar-refractivity contribution in [1.82, 2.24) is 4.90 Å². The van der Waals surface area contributed by atoms with E-state index in [1.54, 1.807) is 44.2 Å². The van der Waals surface area contributed by atoms with Crippen LogP contribution in [0.5, 0.6) is 5.75 Å². The van der Waals surface area contributed by atoms with Crippen LogP contribution in [0.15, 0.2) is 59.5 Å². The van der Waals surface area contributed by atoms with E-state index < -0.39 is 55.7 Å². The molecule has 1 saturated heterocycles. The fraction of sp³-hybridized carbons (Fsp3) is 0.259. The molecule has 10 heteroatoms. The maximum atomic E-state index is 14.8. The number of hydrogen-bond acceptors (Lipinski definition) is 5. The van der Waals surface area contributed by atoms with Gasteiger partial charge in [-0.05, 0) is 30.2 Å². The van der Waals surface area contributed by atoms with Gasteiger partial charge >= 0.3 is 5.97 Å². The predicted octanol–water partition coefficient (Wildman–Crippen LogP) is 5.67. The smallest absolute Gasteiger partial charge is 0.313 e. The van der Waals surface area contributed by atoms with Crippen LogP contribution >= 0.6 is 11.6 Å². The summed E-state index contributed by atoms with van der Waals surface area (Å²) in [6, 6.07) is 12.4. The molecule has 1 fully saturated rings. The highest BCUT2D eigenvalue weighted by Gasteiger charge is 2.30. The summed E-state index contributed by atoms with van der Waals surface area (Å²) in [6.07, 6.45) is 0.822. The largest absolute Gasteiger partial charge is 0.423 e. The van der Waals surface area contributed by atoms with Crippen LogP contribution in [-0.2, 0) is 20.4 Å². The molecule has 1 aliphatic rings. The molecule has 0 bridgehead atoms. The third kappa shape index (κ3) is 5.67. The summed E-state index contributed by atoms with van der Waals surface area (Å²) < 4.78 is 61.9. The standard InChI is InChI=1S/C27H24ClF2NO5S/c1-16(2)27(33)36-25-21(28)12-18(26(32)31-9-6-10-31)13-24(25)37(34,35)15-19-11-20(23(30)14-22(19)29)17-7-4-3-5-8-17/h3-5,7-8,11-14,16H,6,9-10,15H2,1-2H3. The van der Waals surface area contributed by atoms with Gasteiger partial charge < -0.3 is 9.64 Å². The Labute approximate surface area is 218 Å². The summed E-state index contributed by atoms with van der Waals surface area (Å²) in [7, 11) is -4.44. The van der Waals surface area contributed by atoms with Crippen molar-refractivity contribution in [3.8, 4) is 16.9 Å². The average molecular weight is 548 g/mol. The Morgan fingerprint density at radius 1 is 1.03 bits per heavy atom. The quantitative estimate of drug-likeness (QED) is 0.281. The van der Waals surface area contributed by atoms with Gasteiger partial charge in [-0.2, -0.15) is 0 Å². The van der Waals surface area contributed by atoms with Crippen LogP contribution in [0.25, 0.3) is 11.1 Å². The Morgan fingerprint density at radius 3 is 2.30 bits per heavy atom. The summed E-state index contributed by atoms with van der Waals surface area (Å²) in [5, 5.41) is -0.247. The van der Waals surface area contributed by atoms with Gasteiger partial charge in [0.2, 0.25) is 0 Å². The highest BCUT2D eigenvalue weighted by molar-refractivity contribution is 7.90. The lowest BCUT2D eigenvalue weighted by molar-refractivity contribution is -0.137. The minimum absolute atomic E-state index is 0.00262. The first-order valence-corrected chi connectivity index (χ1v) is 13.6. The van der Waals surface area contributed by atoms with Crippen molar-refractivity contribution >= 4 is 33.3 Å². The van der Waals surface area contributed by atoms with Crippen LogP contribution in [0.3, 0.4) is 0 Å². The van der Waals surface area contributed by atoms with Crippen molar-refractivity contribution in [2.24, 2.45) is 5.92 Å². The molecule has 0 unspecified atom stereocenters. The number of hydrogen-bond donors (Lipinski definition) is 0. The Morgan fingerprint density at radius 2 is 1.70 bits per heavy atom. The third-order valence-corrected chi connectivity index (χ3v) is 7.92. The summed E-state index contributed by atoms with van der Waals surface area (Å²) in [4.78, 5) is 26.1. The predicted molar refractivity (Wildman–Crippen MR) is 135 cm³/mol. The molecule has 0 radical (unpaired) electrons. The van der Waals surface area contributed by atoms with Crippen molar-refractivity contribution in [2.75, 3.05) is 13.1 Å². The van der Waals surface area contributed by atoms with Gasteiger partial charge in [-0.15, -0.1) is 0 Å². The number of sulfone groups is 1. The second kappa shape index (κ2) is 10.6. The normalized spacial score (nSPS) is 13.4. The van der Waals surface area contributed by atoms with E-state index >= 15 is 0 Å². The van der Waals surface area contributed by atoms with Crippen LogP contribution in [-0.4, -0.2) is 38.3 Å². The lowest BCUT2D eigenvalue weighted by atomic mass is 10.0. The minimum atomic E-state index is -4.44. The second-order valence-electron chi connectivity index (χ2n) is 9.06. The Kier molecular flexibility index (Phi) is 7.66. The Balaban J connectivity index is 1.80. The van der Waals surface area contributed by atoms with E-state index in [2.05, 4.69) is 0 Å². The molecule has 4 rings (SSSR count). The summed E-state index contributed by atoms with van der Waals surface area (Å²) in [5.41, 5.74) is 0.169. The number of esters is 1. The molecular formula is C27H24ClF2NO5S. The molecule has 194 valence electrons. The average Bonchev–Trinajstić information content (AvgIpc) is 2.81. The molecule has 3 aromatic rings. The van der Waals surface area contributed by atoms with E-state index in [4.69, 9.17) is 16.3 Å². The van der Waals surface area contributed by atoms with Crippen molar-refractivity contribution < 1.29 is 31.5 Å². The number of rotatable bonds is 7. The van der Waals surface area contributed by atoms with Crippen LogP contribution in [0.4, 0.5) is 8.78 Å². The molecule has 0 N–H and O–H groups in total. The SMILES string of the molecule is CC(C)C(=O)Oc1c(Cl)cc(C(=O)N2CCC2)cc1S(=O)(=O)Cc1cc(-c2ccccc2)c(F)cc1F. The van der Waals surface area contributed by atoms with Gasteiger partial charge in [0, 0.05) is 35.8 Å². The Hall–Kier alpha value is -3.30.